The lowest BCUT2D eigenvalue weighted by molar-refractivity contribution is -0.120. The van der Waals surface area contributed by atoms with Crippen molar-refractivity contribution in [2.24, 2.45) is 10.8 Å². The number of rotatable bonds is 5. The van der Waals surface area contributed by atoms with Crippen LogP contribution in [0.5, 0.6) is 0 Å². The van der Waals surface area contributed by atoms with Crippen molar-refractivity contribution >= 4 is 5.78 Å². The fourth-order valence-corrected chi connectivity index (χ4v) is 2.47. The Labute approximate surface area is 124 Å². The maximum absolute atomic E-state index is 11.9. The van der Waals surface area contributed by atoms with Gasteiger partial charge < -0.3 is 0 Å². The van der Waals surface area contributed by atoms with Gasteiger partial charge in [-0.1, -0.05) is 65.8 Å². The fraction of sp³-hybridized carbons (Fsp3) is 0.632. The minimum absolute atomic E-state index is 0.102. The van der Waals surface area contributed by atoms with E-state index >= 15 is 0 Å². The summed E-state index contributed by atoms with van der Waals surface area (Å²) in [5.74, 6) is 0.374. The highest BCUT2D eigenvalue weighted by Crippen LogP contribution is 2.22. The van der Waals surface area contributed by atoms with Gasteiger partial charge in [-0.25, -0.2) is 0 Å². The predicted molar refractivity (Wildman–Crippen MR) is 87.0 cm³/mol. The summed E-state index contributed by atoms with van der Waals surface area (Å²) in [5.41, 5.74) is 3.07. The summed E-state index contributed by atoms with van der Waals surface area (Å²) in [5, 5.41) is 0. The topological polar surface area (TPSA) is 17.1 Å². The van der Waals surface area contributed by atoms with Crippen LogP contribution in [0.25, 0.3) is 0 Å². The highest BCUT2D eigenvalue weighted by atomic mass is 16.1. The number of benzene rings is 1. The summed E-state index contributed by atoms with van der Waals surface area (Å²) < 4.78 is 0. The number of hydrogen-bond acceptors (Lipinski definition) is 1. The van der Waals surface area contributed by atoms with Gasteiger partial charge in [-0.05, 0) is 34.8 Å². The second kappa shape index (κ2) is 6.56. The third-order valence-corrected chi connectivity index (χ3v) is 3.15. The summed E-state index contributed by atoms with van der Waals surface area (Å²) in [6, 6.07) is 8.70. The third kappa shape index (κ3) is 7.47. The molecule has 0 bridgehead atoms. The Bertz CT molecular complexity index is 444. The van der Waals surface area contributed by atoms with Crippen molar-refractivity contribution in [3.63, 3.8) is 0 Å². The molecular weight excluding hydrogens is 244 g/mol. The molecule has 0 aliphatic carbocycles. The molecule has 112 valence electrons. The molecule has 20 heavy (non-hydrogen) atoms. The predicted octanol–water partition coefficient (Wildman–Crippen LogP) is 5.21. The van der Waals surface area contributed by atoms with Gasteiger partial charge in [0.2, 0.25) is 0 Å². The molecule has 0 aliphatic rings. The van der Waals surface area contributed by atoms with Crippen molar-refractivity contribution in [3.8, 4) is 0 Å². The molecule has 0 fully saturated rings. The second-order valence-corrected chi connectivity index (χ2v) is 8.33. The Hall–Kier alpha value is -1.11. The molecule has 0 spiro atoms. The molecular formula is C19H30O. The first-order valence-corrected chi connectivity index (χ1v) is 7.65. The van der Waals surface area contributed by atoms with Gasteiger partial charge in [0, 0.05) is 12.8 Å². The third-order valence-electron chi connectivity index (χ3n) is 3.15. The second-order valence-electron chi connectivity index (χ2n) is 8.33. The van der Waals surface area contributed by atoms with Gasteiger partial charge in [-0.2, -0.15) is 0 Å². The normalized spacial score (nSPS) is 12.5. The van der Waals surface area contributed by atoms with E-state index in [1.54, 1.807) is 0 Å². The summed E-state index contributed by atoms with van der Waals surface area (Å²) in [6.07, 6.45) is 3.29. The number of carbonyl (C=O) groups excluding carboxylic acids is 1. The summed E-state index contributed by atoms with van der Waals surface area (Å²) >= 11 is 0. The Morgan fingerprint density at radius 3 is 2.10 bits per heavy atom. The van der Waals surface area contributed by atoms with E-state index in [0.717, 1.165) is 12.8 Å². The zero-order valence-electron chi connectivity index (χ0n) is 14.0. The van der Waals surface area contributed by atoms with Crippen LogP contribution in [0.1, 0.15) is 65.5 Å². The van der Waals surface area contributed by atoms with Gasteiger partial charge in [-0.15, -0.1) is 0 Å². The fourth-order valence-electron chi connectivity index (χ4n) is 2.47. The molecule has 1 rings (SSSR count). The first-order chi connectivity index (χ1) is 9.05. The minimum Gasteiger partial charge on any atom is -0.300 e. The van der Waals surface area contributed by atoms with Crippen molar-refractivity contribution in [1.82, 2.24) is 0 Å². The van der Waals surface area contributed by atoms with Crippen LogP contribution >= 0.6 is 0 Å². The highest BCUT2D eigenvalue weighted by Gasteiger charge is 2.16. The molecule has 0 radical (unpaired) electrons. The zero-order valence-corrected chi connectivity index (χ0v) is 14.0. The van der Waals surface area contributed by atoms with E-state index in [1.165, 1.54) is 11.1 Å². The first-order valence-electron chi connectivity index (χ1n) is 7.65. The maximum atomic E-state index is 11.9. The lowest BCUT2D eigenvalue weighted by Crippen LogP contribution is -2.13. The molecule has 0 N–H and O–H groups in total. The average Bonchev–Trinajstić information content (AvgIpc) is 2.22. The van der Waals surface area contributed by atoms with Crippen LogP contribution in [0, 0.1) is 10.8 Å². The molecule has 1 heteroatoms. The van der Waals surface area contributed by atoms with E-state index < -0.39 is 0 Å². The molecule has 1 nitrogen and oxygen atoms in total. The number of hydrogen-bond donors (Lipinski definition) is 0. The van der Waals surface area contributed by atoms with Crippen LogP contribution in [-0.2, 0) is 17.6 Å². The van der Waals surface area contributed by atoms with Gasteiger partial charge >= 0.3 is 0 Å². The van der Waals surface area contributed by atoms with Crippen LogP contribution < -0.4 is 0 Å². The van der Waals surface area contributed by atoms with E-state index in [9.17, 15) is 4.79 Å². The Morgan fingerprint density at radius 2 is 1.55 bits per heavy atom. The quantitative estimate of drug-likeness (QED) is 0.720. The van der Waals surface area contributed by atoms with Gasteiger partial charge in [0.05, 0.1) is 0 Å². The van der Waals surface area contributed by atoms with Crippen molar-refractivity contribution < 1.29 is 4.79 Å². The van der Waals surface area contributed by atoms with E-state index in [1.807, 2.05) is 0 Å². The van der Waals surface area contributed by atoms with Gasteiger partial charge in [0.15, 0.2) is 0 Å². The van der Waals surface area contributed by atoms with Crippen LogP contribution in [0.3, 0.4) is 0 Å². The highest BCUT2D eigenvalue weighted by molar-refractivity contribution is 5.79. The molecule has 0 amide bonds. The lowest BCUT2D eigenvalue weighted by Gasteiger charge is -2.19. The van der Waals surface area contributed by atoms with Crippen LogP contribution in [0.15, 0.2) is 24.3 Å². The molecule has 0 saturated carbocycles. The van der Waals surface area contributed by atoms with E-state index in [-0.39, 0.29) is 5.41 Å². The number of ketones is 1. The molecule has 0 saturated heterocycles. The van der Waals surface area contributed by atoms with Crippen LogP contribution in [0.4, 0.5) is 0 Å². The zero-order chi connectivity index (χ0) is 15.4. The molecule has 1 aromatic carbocycles. The molecule has 0 aliphatic heterocycles. The average molecular weight is 274 g/mol. The van der Waals surface area contributed by atoms with Crippen molar-refractivity contribution in [2.75, 3.05) is 0 Å². The van der Waals surface area contributed by atoms with E-state index in [0.29, 0.717) is 24.0 Å². The molecule has 0 heterocycles. The van der Waals surface area contributed by atoms with Gasteiger partial charge in [0.25, 0.3) is 0 Å². The monoisotopic (exact) mass is 274 g/mol. The van der Waals surface area contributed by atoms with Crippen LogP contribution in [-0.4, -0.2) is 5.78 Å². The van der Waals surface area contributed by atoms with Crippen LogP contribution in [0.2, 0.25) is 0 Å². The minimum atomic E-state index is 0.102. The SMILES string of the molecule is CC(C)(C)CC(=O)CCc1cccc(CC(C)(C)C)c1. The smallest absolute Gasteiger partial charge is 0.133 e. The molecule has 0 atom stereocenters. The summed E-state index contributed by atoms with van der Waals surface area (Å²) in [6.45, 7) is 13.1. The largest absolute Gasteiger partial charge is 0.300 e. The van der Waals surface area contributed by atoms with Crippen molar-refractivity contribution in [2.45, 2.75) is 67.2 Å². The van der Waals surface area contributed by atoms with Crippen molar-refractivity contribution in [1.29, 1.82) is 0 Å². The van der Waals surface area contributed by atoms with Gasteiger partial charge in [-0.3, -0.25) is 4.79 Å². The van der Waals surface area contributed by atoms with E-state index in [4.69, 9.17) is 0 Å². The summed E-state index contributed by atoms with van der Waals surface area (Å²) in [7, 11) is 0. The maximum Gasteiger partial charge on any atom is 0.133 e. The standard InChI is InChI=1S/C19H30O/c1-18(2,3)13-16-9-7-8-15(12-16)10-11-17(20)14-19(4,5)6/h7-9,12H,10-11,13-14H2,1-6H3. The molecule has 0 aromatic heterocycles. The van der Waals surface area contributed by atoms with E-state index in [2.05, 4.69) is 65.8 Å². The number of aryl methyl sites for hydroxylation is 1. The first kappa shape index (κ1) is 16.9. The number of Topliss-reactive ketones (excluding diaryl/α,β-unsaturated/α-hetero) is 1. The Kier molecular flexibility index (Phi) is 5.56. The number of carbonyl (C=O) groups is 1. The Morgan fingerprint density at radius 1 is 0.950 bits per heavy atom. The lowest BCUT2D eigenvalue weighted by atomic mass is 9.86. The molecule has 0 unspecified atom stereocenters. The Balaban J connectivity index is 2.57. The summed E-state index contributed by atoms with van der Waals surface area (Å²) in [4.78, 5) is 11.9. The van der Waals surface area contributed by atoms with Crippen molar-refractivity contribution in [3.05, 3.63) is 35.4 Å². The molecule has 1 aromatic rings. The van der Waals surface area contributed by atoms with Gasteiger partial charge in [0.1, 0.15) is 5.78 Å².